The van der Waals surface area contributed by atoms with Gasteiger partial charge < -0.3 is 14.6 Å². The van der Waals surface area contributed by atoms with Gasteiger partial charge in [0.25, 0.3) is 0 Å². The molecule has 0 bridgehead atoms. The Kier molecular flexibility index (Phi) is 6.40. The third-order valence-corrected chi connectivity index (χ3v) is 6.72. The van der Waals surface area contributed by atoms with Crippen molar-refractivity contribution in [3.8, 4) is 11.4 Å². The van der Waals surface area contributed by atoms with Gasteiger partial charge in [-0.1, -0.05) is 23.4 Å². The molecule has 2 heterocycles. The third-order valence-electron chi connectivity index (χ3n) is 4.81. The van der Waals surface area contributed by atoms with Crippen LogP contribution >= 0.6 is 0 Å². The lowest BCUT2D eigenvalue weighted by molar-refractivity contribution is -0.116. The first-order valence-corrected chi connectivity index (χ1v) is 11.3. The number of sulfonamides is 1. The fraction of sp³-hybridized carbons (Fsp3) is 0.286. The summed E-state index contributed by atoms with van der Waals surface area (Å²) in [6.45, 7) is 1.48. The molecule has 4 rings (SSSR count). The highest BCUT2D eigenvalue weighted by Gasteiger charge is 2.26. The monoisotopic (exact) mass is 442 g/mol. The van der Waals surface area contributed by atoms with Gasteiger partial charge in [-0.05, 0) is 36.4 Å². The number of nitrogens with one attached hydrogen (secondary N) is 1. The molecule has 162 valence electrons. The lowest BCUT2D eigenvalue weighted by Crippen LogP contribution is -2.40. The van der Waals surface area contributed by atoms with Crippen molar-refractivity contribution in [3.05, 3.63) is 60.5 Å². The predicted molar refractivity (Wildman–Crippen MR) is 113 cm³/mol. The Morgan fingerprint density at radius 1 is 1.03 bits per heavy atom. The number of anilines is 1. The van der Waals surface area contributed by atoms with Crippen molar-refractivity contribution in [1.29, 1.82) is 0 Å². The number of rotatable bonds is 7. The Labute approximate surface area is 180 Å². The molecule has 1 aromatic heterocycles. The Bertz CT molecular complexity index is 1120. The van der Waals surface area contributed by atoms with Gasteiger partial charge in [0.05, 0.1) is 18.1 Å². The van der Waals surface area contributed by atoms with Gasteiger partial charge in [0.2, 0.25) is 27.6 Å². The lowest BCUT2D eigenvalue weighted by Gasteiger charge is -2.26. The van der Waals surface area contributed by atoms with E-state index in [0.29, 0.717) is 50.0 Å². The molecule has 0 saturated carbocycles. The lowest BCUT2D eigenvalue weighted by atomic mass is 10.2. The van der Waals surface area contributed by atoms with Crippen molar-refractivity contribution in [3.63, 3.8) is 0 Å². The molecule has 1 aliphatic heterocycles. The van der Waals surface area contributed by atoms with Crippen LogP contribution in [0.15, 0.2) is 64.0 Å². The summed E-state index contributed by atoms with van der Waals surface area (Å²) in [5.41, 5.74) is 1.36. The van der Waals surface area contributed by atoms with Crippen LogP contribution in [-0.2, 0) is 26.0 Å². The number of carbonyl (C=O) groups excluding carboxylic acids is 1. The highest BCUT2D eigenvalue weighted by atomic mass is 32.2. The first-order valence-electron chi connectivity index (χ1n) is 9.88. The molecule has 10 heteroatoms. The van der Waals surface area contributed by atoms with Crippen LogP contribution in [0.4, 0.5) is 5.69 Å². The van der Waals surface area contributed by atoms with Gasteiger partial charge in [0.1, 0.15) is 0 Å². The van der Waals surface area contributed by atoms with E-state index >= 15 is 0 Å². The van der Waals surface area contributed by atoms with Crippen molar-refractivity contribution in [2.75, 3.05) is 31.6 Å². The van der Waals surface area contributed by atoms with E-state index in [9.17, 15) is 13.2 Å². The quantitative estimate of drug-likeness (QED) is 0.597. The standard InChI is InChI=1S/C21H22N4O5S/c26-19(22-17-4-2-1-3-5-17)10-11-20-23-21(24-30-20)16-6-8-18(9-7-16)31(27,28)25-12-14-29-15-13-25/h1-9H,10-15H2,(H,22,26). The fourth-order valence-electron chi connectivity index (χ4n) is 3.15. The van der Waals surface area contributed by atoms with Gasteiger partial charge in [-0.15, -0.1) is 0 Å². The molecule has 1 fully saturated rings. The SMILES string of the molecule is O=C(CCc1nc(-c2ccc(S(=O)(=O)N3CCOCC3)cc2)no1)Nc1ccccc1. The summed E-state index contributed by atoms with van der Waals surface area (Å²) in [4.78, 5) is 16.6. The van der Waals surface area contributed by atoms with E-state index in [1.54, 1.807) is 12.1 Å². The number of amides is 1. The molecule has 0 radical (unpaired) electrons. The smallest absolute Gasteiger partial charge is 0.243 e. The van der Waals surface area contributed by atoms with Gasteiger partial charge in [0, 0.05) is 37.2 Å². The molecule has 1 aliphatic rings. The third kappa shape index (κ3) is 5.16. The second-order valence-electron chi connectivity index (χ2n) is 6.97. The number of nitrogens with zero attached hydrogens (tertiary/aromatic N) is 3. The zero-order valence-corrected chi connectivity index (χ0v) is 17.5. The molecule has 0 atom stereocenters. The highest BCUT2D eigenvalue weighted by Crippen LogP contribution is 2.22. The Balaban J connectivity index is 1.37. The normalized spacial score (nSPS) is 15.0. The van der Waals surface area contributed by atoms with Crippen LogP contribution in [0.2, 0.25) is 0 Å². The van der Waals surface area contributed by atoms with E-state index < -0.39 is 10.0 Å². The Hall–Kier alpha value is -3.08. The largest absolute Gasteiger partial charge is 0.379 e. The molecule has 9 nitrogen and oxygen atoms in total. The average Bonchev–Trinajstić information content (AvgIpc) is 3.28. The molecule has 1 N–H and O–H groups in total. The second kappa shape index (κ2) is 9.38. The van der Waals surface area contributed by atoms with E-state index in [-0.39, 0.29) is 17.2 Å². The second-order valence-corrected chi connectivity index (χ2v) is 8.90. The first-order chi connectivity index (χ1) is 15.0. The van der Waals surface area contributed by atoms with Crippen molar-refractivity contribution >= 4 is 21.6 Å². The first kappa shape index (κ1) is 21.2. The van der Waals surface area contributed by atoms with Crippen LogP contribution in [0, 0.1) is 0 Å². The van der Waals surface area contributed by atoms with E-state index in [1.807, 2.05) is 30.3 Å². The minimum absolute atomic E-state index is 0.149. The minimum atomic E-state index is -3.56. The molecule has 0 spiro atoms. The van der Waals surface area contributed by atoms with Gasteiger partial charge in [0.15, 0.2) is 0 Å². The molecule has 2 aromatic carbocycles. The van der Waals surface area contributed by atoms with Gasteiger partial charge >= 0.3 is 0 Å². The van der Waals surface area contributed by atoms with Gasteiger partial charge in [-0.3, -0.25) is 4.79 Å². The number of carbonyl (C=O) groups is 1. The maximum atomic E-state index is 12.7. The maximum Gasteiger partial charge on any atom is 0.243 e. The van der Waals surface area contributed by atoms with Crippen molar-refractivity contribution in [1.82, 2.24) is 14.4 Å². The van der Waals surface area contributed by atoms with Crippen molar-refractivity contribution in [2.45, 2.75) is 17.7 Å². The van der Waals surface area contributed by atoms with Crippen LogP contribution in [0.5, 0.6) is 0 Å². The number of morpholine rings is 1. The number of ether oxygens (including phenoxy) is 1. The van der Waals surface area contributed by atoms with Crippen LogP contribution in [0.25, 0.3) is 11.4 Å². The summed E-state index contributed by atoms with van der Waals surface area (Å²) in [5.74, 6) is 0.528. The maximum absolute atomic E-state index is 12.7. The van der Waals surface area contributed by atoms with Crippen molar-refractivity contribution in [2.24, 2.45) is 0 Å². The number of para-hydroxylation sites is 1. The summed E-state index contributed by atoms with van der Waals surface area (Å²) < 4.78 is 37.3. The number of hydrogen-bond donors (Lipinski definition) is 1. The highest BCUT2D eigenvalue weighted by molar-refractivity contribution is 7.89. The van der Waals surface area contributed by atoms with Crippen LogP contribution < -0.4 is 5.32 Å². The Morgan fingerprint density at radius 2 is 1.74 bits per heavy atom. The average molecular weight is 442 g/mol. The molecule has 31 heavy (non-hydrogen) atoms. The van der Waals surface area contributed by atoms with Crippen LogP contribution in [-0.4, -0.2) is 55.1 Å². The van der Waals surface area contributed by atoms with Crippen LogP contribution in [0.3, 0.4) is 0 Å². The summed E-state index contributed by atoms with van der Waals surface area (Å²) in [6, 6.07) is 15.5. The predicted octanol–water partition coefficient (Wildman–Crippen LogP) is 2.33. The number of aryl methyl sites for hydroxylation is 1. The molecule has 0 aliphatic carbocycles. The number of aromatic nitrogens is 2. The summed E-state index contributed by atoms with van der Waals surface area (Å²) in [6.07, 6.45) is 0.502. The minimum Gasteiger partial charge on any atom is -0.379 e. The Morgan fingerprint density at radius 3 is 2.45 bits per heavy atom. The van der Waals surface area contributed by atoms with Gasteiger partial charge in [-0.2, -0.15) is 9.29 Å². The number of benzene rings is 2. The van der Waals surface area contributed by atoms with Gasteiger partial charge in [-0.25, -0.2) is 8.42 Å². The molecule has 3 aromatic rings. The number of hydrogen-bond acceptors (Lipinski definition) is 7. The summed E-state index contributed by atoms with van der Waals surface area (Å²) in [7, 11) is -3.56. The molecular formula is C21H22N4O5S. The van der Waals surface area contributed by atoms with E-state index in [0.717, 1.165) is 5.69 Å². The van der Waals surface area contributed by atoms with Crippen molar-refractivity contribution < 1.29 is 22.5 Å². The molecular weight excluding hydrogens is 420 g/mol. The topological polar surface area (TPSA) is 115 Å². The van der Waals surface area contributed by atoms with E-state index in [1.165, 1.54) is 16.4 Å². The summed E-state index contributed by atoms with van der Waals surface area (Å²) in [5, 5.41) is 6.74. The zero-order valence-electron chi connectivity index (χ0n) is 16.7. The van der Waals surface area contributed by atoms with E-state index in [4.69, 9.17) is 9.26 Å². The summed E-state index contributed by atoms with van der Waals surface area (Å²) >= 11 is 0. The zero-order chi connectivity index (χ0) is 21.7. The van der Waals surface area contributed by atoms with E-state index in [2.05, 4.69) is 15.5 Å². The molecule has 0 unspecified atom stereocenters. The van der Waals surface area contributed by atoms with Crippen LogP contribution in [0.1, 0.15) is 12.3 Å². The fourth-order valence-corrected chi connectivity index (χ4v) is 4.56. The molecule has 1 amide bonds. The molecule has 1 saturated heterocycles.